The second kappa shape index (κ2) is 5.05. The predicted octanol–water partition coefficient (Wildman–Crippen LogP) is 3.17. The first-order valence-electron chi connectivity index (χ1n) is 7.04. The Morgan fingerprint density at radius 2 is 2.00 bits per heavy atom. The lowest BCUT2D eigenvalue weighted by Crippen LogP contribution is -2.57. The van der Waals surface area contributed by atoms with Crippen LogP contribution >= 0.6 is 0 Å². The summed E-state index contributed by atoms with van der Waals surface area (Å²) < 4.78 is 6.16. The van der Waals surface area contributed by atoms with E-state index in [-0.39, 0.29) is 5.72 Å². The third-order valence-corrected chi connectivity index (χ3v) is 4.69. The molecule has 2 rings (SSSR count). The van der Waals surface area contributed by atoms with Gasteiger partial charge in [-0.25, -0.2) is 0 Å². The molecule has 1 saturated heterocycles. The average Bonchev–Trinajstić information content (AvgIpc) is 2.31. The van der Waals surface area contributed by atoms with Gasteiger partial charge in [0.25, 0.3) is 0 Å². The fourth-order valence-electron chi connectivity index (χ4n) is 3.00. The SMILES string of the molecule is CCC1CCC2(CC1)NCC(C(C)C)CO2. The van der Waals surface area contributed by atoms with Crippen molar-refractivity contribution in [3.05, 3.63) is 0 Å². The molecule has 0 aromatic carbocycles. The molecule has 1 unspecified atom stereocenters. The van der Waals surface area contributed by atoms with E-state index in [1.54, 1.807) is 0 Å². The maximum atomic E-state index is 6.16. The average molecular weight is 225 g/mol. The van der Waals surface area contributed by atoms with Gasteiger partial charge in [-0.15, -0.1) is 0 Å². The number of hydrogen-bond donors (Lipinski definition) is 1. The van der Waals surface area contributed by atoms with E-state index in [2.05, 4.69) is 26.1 Å². The molecule has 1 atom stereocenters. The van der Waals surface area contributed by atoms with Crippen LogP contribution in [0.5, 0.6) is 0 Å². The molecule has 1 N–H and O–H groups in total. The second-order valence-corrected chi connectivity index (χ2v) is 6.04. The Hall–Kier alpha value is -0.0800. The quantitative estimate of drug-likeness (QED) is 0.779. The molecule has 0 aromatic heterocycles. The fourth-order valence-corrected chi connectivity index (χ4v) is 3.00. The number of nitrogens with one attached hydrogen (secondary N) is 1. The van der Waals surface area contributed by atoms with Crippen molar-refractivity contribution in [3.8, 4) is 0 Å². The largest absolute Gasteiger partial charge is 0.360 e. The highest BCUT2D eigenvalue weighted by Crippen LogP contribution is 2.37. The van der Waals surface area contributed by atoms with Gasteiger partial charge in [-0.1, -0.05) is 27.2 Å². The maximum absolute atomic E-state index is 6.16. The minimum Gasteiger partial charge on any atom is -0.360 e. The smallest absolute Gasteiger partial charge is 0.119 e. The van der Waals surface area contributed by atoms with Gasteiger partial charge in [-0.05, 0) is 43.4 Å². The lowest BCUT2D eigenvalue weighted by atomic mass is 9.80. The van der Waals surface area contributed by atoms with Crippen LogP contribution in [0.15, 0.2) is 0 Å². The van der Waals surface area contributed by atoms with Gasteiger partial charge in [0.2, 0.25) is 0 Å². The van der Waals surface area contributed by atoms with Crippen molar-refractivity contribution in [1.29, 1.82) is 0 Å². The zero-order valence-corrected chi connectivity index (χ0v) is 11.1. The molecule has 1 spiro atoms. The minimum atomic E-state index is 0.0526. The molecule has 2 heteroatoms. The molecule has 1 aliphatic carbocycles. The predicted molar refractivity (Wildman–Crippen MR) is 67.3 cm³/mol. The molecule has 2 aliphatic rings. The third-order valence-electron chi connectivity index (χ3n) is 4.69. The summed E-state index contributed by atoms with van der Waals surface area (Å²) in [6, 6.07) is 0. The number of rotatable bonds is 2. The third kappa shape index (κ3) is 2.60. The number of ether oxygens (including phenoxy) is 1. The monoisotopic (exact) mass is 225 g/mol. The topological polar surface area (TPSA) is 21.3 Å². The van der Waals surface area contributed by atoms with Gasteiger partial charge in [0.15, 0.2) is 0 Å². The van der Waals surface area contributed by atoms with Crippen molar-refractivity contribution >= 4 is 0 Å². The first-order valence-corrected chi connectivity index (χ1v) is 7.04. The van der Waals surface area contributed by atoms with Crippen LogP contribution in [-0.2, 0) is 4.74 Å². The van der Waals surface area contributed by atoms with Gasteiger partial charge in [0.05, 0.1) is 6.61 Å². The van der Waals surface area contributed by atoms with Gasteiger partial charge in [0.1, 0.15) is 5.72 Å². The zero-order valence-electron chi connectivity index (χ0n) is 11.1. The molecule has 1 aliphatic heterocycles. The maximum Gasteiger partial charge on any atom is 0.119 e. The molecule has 2 fully saturated rings. The van der Waals surface area contributed by atoms with Crippen molar-refractivity contribution in [1.82, 2.24) is 5.32 Å². The van der Waals surface area contributed by atoms with Gasteiger partial charge in [-0.3, -0.25) is 5.32 Å². The van der Waals surface area contributed by atoms with E-state index < -0.39 is 0 Å². The molecular formula is C14H27NO. The van der Waals surface area contributed by atoms with Crippen molar-refractivity contribution in [3.63, 3.8) is 0 Å². The van der Waals surface area contributed by atoms with Crippen LogP contribution < -0.4 is 5.32 Å². The van der Waals surface area contributed by atoms with E-state index in [0.717, 1.165) is 25.0 Å². The van der Waals surface area contributed by atoms with Crippen LogP contribution in [0.3, 0.4) is 0 Å². The Morgan fingerprint density at radius 3 is 2.44 bits per heavy atom. The van der Waals surface area contributed by atoms with Crippen molar-refractivity contribution < 1.29 is 4.74 Å². The summed E-state index contributed by atoms with van der Waals surface area (Å²) in [5.41, 5.74) is 0.0526. The van der Waals surface area contributed by atoms with Crippen LogP contribution in [0.2, 0.25) is 0 Å². The molecule has 0 radical (unpaired) electrons. The number of hydrogen-bond acceptors (Lipinski definition) is 2. The summed E-state index contributed by atoms with van der Waals surface area (Å²) in [6.45, 7) is 9.01. The normalized spacial score (nSPS) is 40.5. The minimum absolute atomic E-state index is 0.0526. The van der Waals surface area contributed by atoms with E-state index in [1.165, 1.54) is 32.1 Å². The highest BCUT2D eigenvalue weighted by molar-refractivity contribution is 4.89. The summed E-state index contributed by atoms with van der Waals surface area (Å²) >= 11 is 0. The Bertz CT molecular complexity index is 209. The standard InChI is InChI=1S/C14H27NO/c1-4-12-5-7-14(8-6-12)15-9-13(10-16-14)11(2)3/h11-13,15H,4-10H2,1-3H3. The summed E-state index contributed by atoms with van der Waals surface area (Å²) in [4.78, 5) is 0. The van der Waals surface area contributed by atoms with E-state index in [1.807, 2.05) is 0 Å². The lowest BCUT2D eigenvalue weighted by Gasteiger charge is -2.46. The van der Waals surface area contributed by atoms with Gasteiger partial charge >= 0.3 is 0 Å². The first kappa shape index (κ1) is 12.4. The summed E-state index contributed by atoms with van der Waals surface area (Å²) in [5.74, 6) is 2.38. The summed E-state index contributed by atoms with van der Waals surface area (Å²) in [6.07, 6.45) is 6.46. The lowest BCUT2D eigenvalue weighted by molar-refractivity contribution is -0.146. The van der Waals surface area contributed by atoms with E-state index in [0.29, 0.717) is 5.92 Å². The Labute approximate surface area is 100 Å². The Kier molecular flexibility index (Phi) is 3.91. The fraction of sp³-hybridized carbons (Fsp3) is 1.00. The molecule has 0 aromatic rings. The van der Waals surface area contributed by atoms with Gasteiger partial charge < -0.3 is 4.74 Å². The van der Waals surface area contributed by atoms with Crippen molar-refractivity contribution in [2.24, 2.45) is 17.8 Å². The van der Waals surface area contributed by atoms with Crippen molar-refractivity contribution in [2.75, 3.05) is 13.2 Å². The second-order valence-electron chi connectivity index (χ2n) is 6.04. The van der Waals surface area contributed by atoms with Crippen LogP contribution in [0.25, 0.3) is 0 Å². The Morgan fingerprint density at radius 1 is 1.31 bits per heavy atom. The van der Waals surface area contributed by atoms with Crippen LogP contribution in [-0.4, -0.2) is 18.9 Å². The molecular weight excluding hydrogens is 198 g/mol. The molecule has 1 saturated carbocycles. The molecule has 16 heavy (non-hydrogen) atoms. The van der Waals surface area contributed by atoms with E-state index >= 15 is 0 Å². The van der Waals surface area contributed by atoms with Gasteiger partial charge in [0, 0.05) is 6.54 Å². The van der Waals surface area contributed by atoms with Crippen LogP contribution in [0.1, 0.15) is 52.9 Å². The summed E-state index contributed by atoms with van der Waals surface area (Å²) in [5, 5.41) is 3.69. The highest BCUT2D eigenvalue weighted by Gasteiger charge is 2.39. The van der Waals surface area contributed by atoms with E-state index in [4.69, 9.17) is 4.74 Å². The van der Waals surface area contributed by atoms with E-state index in [9.17, 15) is 0 Å². The van der Waals surface area contributed by atoms with Crippen LogP contribution in [0.4, 0.5) is 0 Å². The molecule has 1 heterocycles. The molecule has 0 amide bonds. The highest BCUT2D eigenvalue weighted by atomic mass is 16.5. The molecule has 2 nitrogen and oxygen atoms in total. The van der Waals surface area contributed by atoms with Crippen molar-refractivity contribution in [2.45, 2.75) is 58.6 Å². The van der Waals surface area contributed by atoms with Gasteiger partial charge in [-0.2, -0.15) is 0 Å². The van der Waals surface area contributed by atoms with Crippen LogP contribution in [0, 0.1) is 17.8 Å². The first-order chi connectivity index (χ1) is 7.65. The molecule has 94 valence electrons. The zero-order chi connectivity index (χ0) is 11.6. The summed E-state index contributed by atoms with van der Waals surface area (Å²) in [7, 11) is 0. The Balaban J connectivity index is 1.84. The molecule has 0 bridgehead atoms.